The summed E-state index contributed by atoms with van der Waals surface area (Å²) in [6.07, 6.45) is -5.81. The third-order valence-corrected chi connectivity index (χ3v) is 3.15. The zero-order valence-electron chi connectivity index (χ0n) is 8.28. The molecule has 0 bridgehead atoms. The van der Waals surface area contributed by atoms with Crippen molar-refractivity contribution in [2.75, 3.05) is 0 Å². The van der Waals surface area contributed by atoms with Crippen molar-refractivity contribution in [3.05, 3.63) is 28.0 Å². The van der Waals surface area contributed by atoms with Crippen molar-refractivity contribution in [1.82, 2.24) is 0 Å². The summed E-state index contributed by atoms with van der Waals surface area (Å²) in [5, 5.41) is 19.8. The Bertz CT molecular complexity index is 501. The lowest BCUT2D eigenvalue weighted by molar-refractivity contribution is -0.337. The molecule has 2 heterocycles. The molecule has 0 spiro atoms. The van der Waals surface area contributed by atoms with Crippen LogP contribution in [0.3, 0.4) is 0 Å². The minimum Gasteiger partial charge on any atom is -0.450 e. The Kier molecular flexibility index (Phi) is 2.64. The van der Waals surface area contributed by atoms with Crippen LogP contribution in [0.15, 0.2) is 23.1 Å². The highest BCUT2D eigenvalue weighted by molar-refractivity contribution is 7.11. The van der Waals surface area contributed by atoms with Crippen molar-refractivity contribution < 1.29 is 23.0 Å². The fourth-order valence-electron chi connectivity index (χ4n) is 1.44. The van der Waals surface area contributed by atoms with Gasteiger partial charge in [-0.3, -0.25) is 0 Å². The fourth-order valence-corrected chi connectivity index (χ4v) is 2.17. The van der Waals surface area contributed by atoms with E-state index in [4.69, 9.17) is 5.26 Å². The highest BCUT2D eigenvalue weighted by Crippen LogP contribution is 2.46. The van der Waals surface area contributed by atoms with E-state index in [1.54, 1.807) is 17.5 Å². The van der Waals surface area contributed by atoms with Gasteiger partial charge in [0.05, 0.1) is 22.9 Å². The largest absolute Gasteiger partial charge is 0.455 e. The summed E-state index contributed by atoms with van der Waals surface area (Å²) >= 11 is 1.14. The lowest BCUT2D eigenvalue weighted by atomic mass is 10.1. The molecule has 90 valence electrons. The molecule has 17 heavy (non-hydrogen) atoms. The van der Waals surface area contributed by atoms with Gasteiger partial charge in [0, 0.05) is 0 Å². The first-order valence-electron chi connectivity index (χ1n) is 4.52. The second-order valence-corrected chi connectivity index (χ2v) is 4.41. The van der Waals surface area contributed by atoms with Crippen LogP contribution in [-0.4, -0.2) is 17.1 Å². The Morgan fingerprint density at radius 2 is 2.24 bits per heavy atom. The number of ether oxygens (including phenoxy) is 1. The Labute approximate surface area is 98.4 Å². The van der Waals surface area contributed by atoms with Crippen LogP contribution in [-0.2, 0) is 4.74 Å². The van der Waals surface area contributed by atoms with Crippen molar-refractivity contribution in [3.8, 4) is 6.07 Å². The number of rotatable bonds is 1. The van der Waals surface area contributed by atoms with Crippen molar-refractivity contribution in [3.63, 3.8) is 0 Å². The molecule has 0 saturated carbocycles. The molecule has 0 amide bonds. The molecular formula is C10H6F3NO2S. The van der Waals surface area contributed by atoms with E-state index in [1.807, 2.05) is 0 Å². The van der Waals surface area contributed by atoms with E-state index in [2.05, 4.69) is 4.74 Å². The Balaban J connectivity index is 2.38. The zero-order valence-corrected chi connectivity index (χ0v) is 9.10. The van der Waals surface area contributed by atoms with E-state index < -0.39 is 18.4 Å². The maximum absolute atomic E-state index is 12.6. The van der Waals surface area contributed by atoms with Crippen LogP contribution in [0.25, 0.3) is 5.76 Å². The molecule has 0 aromatic carbocycles. The molecule has 0 fully saturated rings. The second-order valence-electron chi connectivity index (χ2n) is 3.46. The number of hydrogen-bond donors (Lipinski definition) is 1. The maximum Gasteiger partial charge on any atom is 0.455 e. The van der Waals surface area contributed by atoms with Gasteiger partial charge in [0.1, 0.15) is 0 Å². The maximum atomic E-state index is 12.6. The standard InChI is InChI=1S/C10H6F3NO2S/c11-10(12,13)9(15)4-6(5-14)8(16-9)7-2-1-3-17-7/h1-3,15H,4H2. The normalized spacial score (nSPS) is 24.6. The summed E-state index contributed by atoms with van der Waals surface area (Å²) in [6, 6.07) is 4.78. The van der Waals surface area contributed by atoms with E-state index in [1.165, 1.54) is 6.07 Å². The predicted octanol–water partition coefficient (Wildman–Crippen LogP) is 2.65. The van der Waals surface area contributed by atoms with Crippen LogP contribution in [0.5, 0.6) is 0 Å². The predicted molar refractivity (Wildman–Crippen MR) is 53.6 cm³/mol. The molecule has 3 nitrogen and oxygen atoms in total. The average Bonchev–Trinajstić information content (AvgIpc) is 2.82. The third-order valence-electron chi connectivity index (χ3n) is 2.28. The summed E-state index contributed by atoms with van der Waals surface area (Å²) in [6.45, 7) is 0. The molecule has 1 aromatic rings. The second kappa shape index (κ2) is 3.75. The minimum absolute atomic E-state index is 0.192. The summed E-state index contributed by atoms with van der Waals surface area (Å²) < 4.78 is 42.2. The molecule has 1 aliphatic rings. The number of halogens is 3. The van der Waals surface area contributed by atoms with Gasteiger partial charge in [0.2, 0.25) is 0 Å². The van der Waals surface area contributed by atoms with Crippen LogP contribution in [0.2, 0.25) is 0 Å². The smallest absolute Gasteiger partial charge is 0.450 e. The van der Waals surface area contributed by atoms with E-state index in [0.717, 1.165) is 11.3 Å². The van der Waals surface area contributed by atoms with E-state index in [9.17, 15) is 18.3 Å². The van der Waals surface area contributed by atoms with E-state index in [0.29, 0.717) is 4.88 Å². The summed E-state index contributed by atoms with van der Waals surface area (Å²) in [5.41, 5.74) is -0.202. The van der Waals surface area contributed by atoms with E-state index >= 15 is 0 Å². The molecule has 0 saturated heterocycles. The number of thiophene rings is 1. The molecule has 1 aromatic heterocycles. The van der Waals surface area contributed by atoms with Gasteiger partial charge >= 0.3 is 12.0 Å². The number of hydrogen-bond acceptors (Lipinski definition) is 4. The molecule has 1 aliphatic heterocycles. The van der Waals surface area contributed by atoms with Gasteiger partial charge < -0.3 is 9.84 Å². The molecule has 1 atom stereocenters. The highest BCUT2D eigenvalue weighted by Gasteiger charge is 2.60. The lowest BCUT2D eigenvalue weighted by Gasteiger charge is -2.25. The first-order chi connectivity index (χ1) is 7.87. The highest BCUT2D eigenvalue weighted by atomic mass is 32.1. The molecular weight excluding hydrogens is 255 g/mol. The fraction of sp³-hybridized carbons (Fsp3) is 0.300. The van der Waals surface area contributed by atoms with Crippen LogP contribution in [0, 0.1) is 11.3 Å². The van der Waals surface area contributed by atoms with Crippen LogP contribution in [0.4, 0.5) is 13.2 Å². The summed E-state index contributed by atoms with van der Waals surface area (Å²) in [7, 11) is 0. The summed E-state index contributed by atoms with van der Waals surface area (Å²) in [4.78, 5) is 0.390. The molecule has 2 rings (SSSR count). The number of nitriles is 1. The van der Waals surface area contributed by atoms with Crippen molar-refractivity contribution in [2.45, 2.75) is 18.4 Å². The van der Waals surface area contributed by atoms with Crippen molar-refractivity contribution >= 4 is 17.1 Å². The SMILES string of the molecule is N#CC1=C(c2cccs2)OC(O)(C(F)(F)F)C1. The molecule has 0 aliphatic carbocycles. The van der Waals surface area contributed by atoms with Crippen LogP contribution in [0.1, 0.15) is 11.3 Å². The number of nitrogens with zero attached hydrogens (tertiary/aromatic N) is 1. The van der Waals surface area contributed by atoms with Gasteiger partial charge in [-0.15, -0.1) is 11.3 Å². The minimum atomic E-state index is -4.94. The van der Waals surface area contributed by atoms with Crippen LogP contribution >= 0.6 is 11.3 Å². The number of alkyl halides is 3. The van der Waals surface area contributed by atoms with Gasteiger partial charge in [-0.1, -0.05) is 6.07 Å². The quantitative estimate of drug-likeness (QED) is 0.845. The monoisotopic (exact) mass is 261 g/mol. The van der Waals surface area contributed by atoms with E-state index in [-0.39, 0.29) is 11.3 Å². The van der Waals surface area contributed by atoms with Crippen molar-refractivity contribution in [1.29, 1.82) is 5.26 Å². The van der Waals surface area contributed by atoms with Crippen molar-refractivity contribution in [2.24, 2.45) is 0 Å². The van der Waals surface area contributed by atoms with Gasteiger partial charge in [-0.05, 0) is 11.4 Å². The lowest BCUT2D eigenvalue weighted by Crippen LogP contribution is -2.44. The third kappa shape index (κ3) is 1.90. The molecule has 7 heteroatoms. The molecule has 1 unspecified atom stereocenters. The van der Waals surface area contributed by atoms with Gasteiger partial charge in [0.25, 0.3) is 0 Å². The Morgan fingerprint density at radius 3 is 2.71 bits per heavy atom. The zero-order chi connectivity index (χ0) is 12.7. The number of aliphatic hydroxyl groups is 1. The van der Waals surface area contributed by atoms with Crippen LogP contribution < -0.4 is 0 Å². The average molecular weight is 261 g/mol. The first kappa shape index (κ1) is 12.0. The molecule has 0 radical (unpaired) electrons. The van der Waals surface area contributed by atoms with Gasteiger partial charge in [-0.25, -0.2) is 0 Å². The Morgan fingerprint density at radius 1 is 1.53 bits per heavy atom. The van der Waals surface area contributed by atoms with Gasteiger partial charge in [-0.2, -0.15) is 18.4 Å². The Hall–Kier alpha value is -1.52. The summed E-state index contributed by atoms with van der Waals surface area (Å²) in [5.74, 6) is -3.49. The topological polar surface area (TPSA) is 53.2 Å². The molecule has 1 N–H and O–H groups in total. The van der Waals surface area contributed by atoms with Gasteiger partial charge in [0.15, 0.2) is 5.76 Å². The first-order valence-corrected chi connectivity index (χ1v) is 5.40.